The summed E-state index contributed by atoms with van der Waals surface area (Å²) in [5.41, 5.74) is 9.37. The molecule has 0 bridgehead atoms. The minimum Gasteiger partial charge on any atom is -0.327 e. The van der Waals surface area contributed by atoms with Crippen molar-refractivity contribution >= 4 is 0 Å². The van der Waals surface area contributed by atoms with E-state index in [-0.39, 0.29) is 5.41 Å². The minimum atomic E-state index is 0.227. The molecule has 1 fully saturated rings. The molecule has 118 valence electrons. The summed E-state index contributed by atoms with van der Waals surface area (Å²) in [4.78, 5) is 2.54. The van der Waals surface area contributed by atoms with Crippen molar-refractivity contribution in [2.45, 2.75) is 58.4 Å². The average Bonchev–Trinajstić information content (AvgIpc) is 2.36. The van der Waals surface area contributed by atoms with Crippen molar-refractivity contribution < 1.29 is 0 Å². The lowest BCUT2D eigenvalue weighted by atomic mass is 9.83. The van der Waals surface area contributed by atoms with Gasteiger partial charge in [0, 0.05) is 25.7 Å². The molecule has 2 heteroatoms. The number of likely N-dealkylation sites (tertiary alicyclic amines) is 1. The third kappa shape index (κ3) is 4.55. The van der Waals surface area contributed by atoms with Crippen molar-refractivity contribution in [1.82, 2.24) is 4.90 Å². The molecule has 1 heterocycles. The van der Waals surface area contributed by atoms with Gasteiger partial charge < -0.3 is 10.6 Å². The molecule has 0 radical (unpaired) electrons. The lowest BCUT2D eigenvalue weighted by Crippen LogP contribution is -2.47. The first-order valence-electron chi connectivity index (χ1n) is 8.34. The zero-order chi connectivity index (χ0) is 15.6. The molecule has 2 unspecified atom stereocenters. The SMILES string of the molecule is CC(C)CN1CC(N)CC(c2ccc(C(C)(C)C)cc2)C1. The summed E-state index contributed by atoms with van der Waals surface area (Å²) in [5.74, 6) is 1.29. The third-order valence-corrected chi connectivity index (χ3v) is 4.43. The molecule has 2 nitrogen and oxygen atoms in total. The zero-order valence-corrected chi connectivity index (χ0v) is 14.4. The zero-order valence-electron chi connectivity index (χ0n) is 14.4. The molecule has 0 saturated carbocycles. The predicted octanol–water partition coefficient (Wildman–Crippen LogP) is 3.76. The van der Waals surface area contributed by atoms with Crippen LogP contribution in [0.3, 0.4) is 0 Å². The number of hydrogen-bond donors (Lipinski definition) is 1. The van der Waals surface area contributed by atoms with Gasteiger partial charge in [-0.3, -0.25) is 0 Å². The van der Waals surface area contributed by atoms with E-state index in [1.165, 1.54) is 11.1 Å². The Bertz CT molecular complexity index is 440. The summed E-state index contributed by atoms with van der Waals surface area (Å²) >= 11 is 0. The van der Waals surface area contributed by atoms with Crippen LogP contribution < -0.4 is 5.73 Å². The van der Waals surface area contributed by atoms with Crippen LogP contribution in [0.4, 0.5) is 0 Å². The van der Waals surface area contributed by atoms with Gasteiger partial charge in [0.25, 0.3) is 0 Å². The van der Waals surface area contributed by atoms with Gasteiger partial charge in [0.2, 0.25) is 0 Å². The van der Waals surface area contributed by atoms with E-state index in [9.17, 15) is 0 Å². The average molecular weight is 288 g/mol. The van der Waals surface area contributed by atoms with Gasteiger partial charge in [-0.2, -0.15) is 0 Å². The highest BCUT2D eigenvalue weighted by molar-refractivity contribution is 5.30. The fourth-order valence-electron chi connectivity index (χ4n) is 3.39. The number of nitrogens with zero attached hydrogens (tertiary/aromatic N) is 1. The van der Waals surface area contributed by atoms with Gasteiger partial charge in [-0.25, -0.2) is 0 Å². The molecule has 2 N–H and O–H groups in total. The lowest BCUT2D eigenvalue weighted by Gasteiger charge is -2.37. The number of hydrogen-bond acceptors (Lipinski definition) is 2. The monoisotopic (exact) mass is 288 g/mol. The number of rotatable bonds is 3. The van der Waals surface area contributed by atoms with Crippen molar-refractivity contribution in [3.05, 3.63) is 35.4 Å². The Kier molecular flexibility index (Phi) is 5.11. The van der Waals surface area contributed by atoms with Gasteiger partial charge in [0.1, 0.15) is 0 Å². The van der Waals surface area contributed by atoms with Crippen molar-refractivity contribution in [3.8, 4) is 0 Å². The molecule has 1 aromatic rings. The molecule has 1 saturated heterocycles. The molecule has 0 amide bonds. The Labute approximate surface area is 130 Å². The van der Waals surface area contributed by atoms with Crippen molar-refractivity contribution in [3.63, 3.8) is 0 Å². The highest BCUT2D eigenvalue weighted by Crippen LogP contribution is 2.29. The molecule has 1 aromatic carbocycles. The van der Waals surface area contributed by atoms with E-state index in [0.717, 1.165) is 26.1 Å². The Balaban J connectivity index is 2.09. The number of nitrogens with two attached hydrogens (primary N) is 1. The van der Waals surface area contributed by atoms with Crippen LogP contribution in [0.25, 0.3) is 0 Å². The smallest absolute Gasteiger partial charge is 0.0174 e. The summed E-state index contributed by atoms with van der Waals surface area (Å²) in [6.07, 6.45) is 1.11. The minimum absolute atomic E-state index is 0.227. The van der Waals surface area contributed by atoms with Gasteiger partial charge in [0.15, 0.2) is 0 Å². The Morgan fingerprint density at radius 1 is 1.14 bits per heavy atom. The predicted molar refractivity (Wildman–Crippen MR) is 91.8 cm³/mol. The maximum Gasteiger partial charge on any atom is 0.0174 e. The topological polar surface area (TPSA) is 29.3 Å². The second-order valence-corrected chi connectivity index (χ2v) is 8.18. The molecule has 21 heavy (non-hydrogen) atoms. The number of piperidine rings is 1. The van der Waals surface area contributed by atoms with Crippen LogP contribution in [0.1, 0.15) is 58.1 Å². The standard InChI is InChI=1S/C19H32N2/c1-14(2)11-21-12-16(10-18(20)13-21)15-6-8-17(9-7-15)19(3,4)5/h6-9,14,16,18H,10-13,20H2,1-5H3. The van der Waals surface area contributed by atoms with Gasteiger partial charge >= 0.3 is 0 Å². The first-order chi connectivity index (χ1) is 9.75. The van der Waals surface area contributed by atoms with E-state index >= 15 is 0 Å². The van der Waals surface area contributed by atoms with Crippen LogP contribution in [-0.4, -0.2) is 30.6 Å². The highest BCUT2D eigenvalue weighted by atomic mass is 15.1. The molecule has 2 rings (SSSR count). The molecule has 1 aliphatic heterocycles. The first-order valence-corrected chi connectivity index (χ1v) is 8.34. The Hall–Kier alpha value is -0.860. The van der Waals surface area contributed by atoms with Crippen molar-refractivity contribution in [1.29, 1.82) is 0 Å². The quantitative estimate of drug-likeness (QED) is 0.917. The maximum absolute atomic E-state index is 6.29. The van der Waals surface area contributed by atoms with Crippen molar-refractivity contribution in [2.75, 3.05) is 19.6 Å². The van der Waals surface area contributed by atoms with Crippen LogP contribution in [0, 0.1) is 5.92 Å². The number of benzene rings is 1. The fourth-order valence-corrected chi connectivity index (χ4v) is 3.39. The van der Waals surface area contributed by atoms with E-state index in [4.69, 9.17) is 5.73 Å². The van der Waals surface area contributed by atoms with Crippen LogP contribution >= 0.6 is 0 Å². The maximum atomic E-state index is 6.29. The second-order valence-electron chi connectivity index (χ2n) is 8.18. The van der Waals surface area contributed by atoms with Gasteiger partial charge in [-0.1, -0.05) is 58.9 Å². The third-order valence-electron chi connectivity index (χ3n) is 4.43. The van der Waals surface area contributed by atoms with E-state index in [0.29, 0.717) is 17.9 Å². The fraction of sp³-hybridized carbons (Fsp3) is 0.684. The van der Waals surface area contributed by atoms with E-state index in [1.54, 1.807) is 0 Å². The van der Waals surface area contributed by atoms with Crippen LogP contribution in [-0.2, 0) is 5.41 Å². The molecular weight excluding hydrogens is 256 g/mol. The molecule has 2 atom stereocenters. The molecular formula is C19H32N2. The van der Waals surface area contributed by atoms with Crippen molar-refractivity contribution in [2.24, 2.45) is 11.7 Å². The van der Waals surface area contributed by atoms with Crippen LogP contribution in [0.15, 0.2) is 24.3 Å². The van der Waals surface area contributed by atoms with Crippen LogP contribution in [0.5, 0.6) is 0 Å². The van der Waals surface area contributed by atoms with Gasteiger partial charge in [-0.05, 0) is 34.8 Å². The second kappa shape index (κ2) is 6.50. The first kappa shape index (κ1) is 16.5. The Morgan fingerprint density at radius 3 is 2.29 bits per heavy atom. The van der Waals surface area contributed by atoms with E-state index < -0.39 is 0 Å². The molecule has 0 spiro atoms. The molecule has 0 aliphatic carbocycles. The molecule has 1 aliphatic rings. The summed E-state index contributed by atoms with van der Waals surface area (Å²) in [7, 11) is 0. The van der Waals surface area contributed by atoms with Crippen LogP contribution in [0.2, 0.25) is 0 Å². The van der Waals surface area contributed by atoms with E-state index in [2.05, 4.69) is 63.8 Å². The summed E-state index contributed by atoms with van der Waals surface area (Å²) < 4.78 is 0. The largest absolute Gasteiger partial charge is 0.327 e. The Morgan fingerprint density at radius 2 is 1.76 bits per heavy atom. The highest BCUT2D eigenvalue weighted by Gasteiger charge is 2.26. The summed E-state index contributed by atoms with van der Waals surface area (Å²) in [6, 6.07) is 9.53. The summed E-state index contributed by atoms with van der Waals surface area (Å²) in [6.45, 7) is 14.7. The van der Waals surface area contributed by atoms with Gasteiger partial charge in [0.05, 0.1) is 0 Å². The van der Waals surface area contributed by atoms with Gasteiger partial charge in [-0.15, -0.1) is 0 Å². The summed E-state index contributed by atoms with van der Waals surface area (Å²) in [5, 5.41) is 0. The lowest BCUT2D eigenvalue weighted by molar-refractivity contribution is 0.171. The van der Waals surface area contributed by atoms with E-state index in [1.807, 2.05) is 0 Å². The molecule has 0 aromatic heterocycles. The normalized spacial score (nSPS) is 24.5.